The number of nitrogens with zero attached hydrogens (tertiary/aromatic N) is 3. The van der Waals surface area contributed by atoms with Crippen molar-refractivity contribution in [1.29, 1.82) is 0 Å². The van der Waals surface area contributed by atoms with Crippen LogP contribution in [0.1, 0.15) is 0 Å². The molecule has 0 saturated carbocycles. The zero-order chi connectivity index (χ0) is 15.6. The number of pyridine rings is 1. The van der Waals surface area contributed by atoms with Crippen LogP contribution in [0.2, 0.25) is 0 Å². The average molecular weight is 327 g/mol. The van der Waals surface area contributed by atoms with Gasteiger partial charge in [0, 0.05) is 25.8 Å². The summed E-state index contributed by atoms with van der Waals surface area (Å²) < 4.78 is 36.9. The number of ether oxygens (including phenoxy) is 2. The van der Waals surface area contributed by atoms with Gasteiger partial charge in [-0.1, -0.05) is 0 Å². The van der Waals surface area contributed by atoms with E-state index in [1.807, 2.05) is 12.1 Å². The summed E-state index contributed by atoms with van der Waals surface area (Å²) in [5.41, 5.74) is 0.362. The molecule has 2 aliphatic rings. The number of hydrogen-bond acceptors (Lipinski definition) is 6. The Bertz CT molecular complexity index is 610. The van der Waals surface area contributed by atoms with Crippen molar-refractivity contribution < 1.29 is 17.9 Å². The van der Waals surface area contributed by atoms with Crippen LogP contribution in [-0.4, -0.2) is 75.6 Å². The third-order valence-corrected chi connectivity index (χ3v) is 5.29. The number of hydrogen-bond donors (Lipinski definition) is 0. The van der Waals surface area contributed by atoms with E-state index in [2.05, 4.69) is 9.88 Å². The Labute approximate surface area is 130 Å². The summed E-state index contributed by atoms with van der Waals surface area (Å²) in [5.74, 6) is 0. The molecule has 1 atom stereocenters. The third-order valence-electron chi connectivity index (χ3n) is 4.04. The fourth-order valence-electron chi connectivity index (χ4n) is 2.94. The topological polar surface area (TPSA) is 72.0 Å². The van der Waals surface area contributed by atoms with Crippen LogP contribution in [0.5, 0.6) is 0 Å². The smallest absolute Gasteiger partial charge is 0.211 e. The quantitative estimate of drug-likeness (QED) is 0.758. The Hall–Kier alpha value is -1.22. The van der Waals surface area contributed by atoms with Crippen LogP contribution in [0.4, 0.5) is 5.69 Å². The zero-order valence-electron chi connectivity index (χ0n) is 12.6. The Morgan fingerprint density at radius 2 is 2.14 bits per heavy atom. The van der Waals surface area contributed by atoms with Gasteiger partial charge in [0.25, 0.3) is 0 Å². The van der Waals surface area contributed by atoms with Crippen LogP contribution in [0.15, 0.2) is 24.5 Å². The summed E-state index contributed by atoms with van der Waals surface area (Å²) in [6.45, 7) is 3.41. The summed E-state index contributed by atoms with van der Waals surface area (Å²) >= 11 is 0. The summed E-state index contributed by atoms with van der Waals surface area (Å²) in [6, 6.07) is 3.88. The third kappa shape index (κ3) is 3.40. The molecular weight excluding hydrogens is 306 g/mol. The molecule has 0 radical (unpaired) electrons. The van der Waals surface area contributed by atoms with Gasteiger partial charge in [-0.2, -0.15) is 4.31 Å². The summed E-state index contributed by atoms with van der Waals surface area (Å²) in [4.78, 5) is 6.29. The van der Waals surface area contributed by atoms with Crippen molar-refractivity contribution in [3.63, 3.8) is 0 Å². The lowest BCUT2D eigenvalue weighted by molar-refractivity contribution is -0.116. The second kappa shape index (κ2) is 6.11. The zero-order valence-corrected chi connectivity index (χ0v) is 13.5. The van der Waals surface area contributed by atoms with Gasteiger partial charge in [-0.3, -0.25) is 4.98 Å². The van der Waals surface area contributed by atoms with E-state index in [0.717, 1.165) is 12.2 Å². The Morgan fingerprint density at radius 3 is 2.86 bits per heavy atom. The Kier molecular flexibility index (Phi) is 4.35. The Balaban J connectivity index is 1.82. The molecule has 0 aliphatic carbocycles. The average Bonchev–Trinajstić information content (AvgIpc) is 2.70. The van der Waals surface area contributed by atoms with Crippen molar-refractivity contribution in [2.24, 2.45) is 0 Å². The number of morpholine rings is 1. The van der Waals surface area contributed by atoms with E-state index in [1.54, 1.807) is 12.4 Å². The van der Waals surface area contributed by atoms with Crippen LogP contribution in [-0.2, 0) is 19.5 Å². The Morgan fingerprint density at radius 1 is 1.27 bits per heavy atom. The molecule has 0 amide bonds. The largest absolute Gasteiger partial charge is 0.376 e. The van der Waals surface area contributed by atoms with Gasteiger partial charge in [-0.05, 0) is 12.1 Å². The standard InChI is InChI=1S/C14H21N3O4S/c1-22(18,19)17-6-8-21-14(11-17)10-16(5-7-20-12-14)13-3-2-4-15-9-13/h2-4,9H,5-8,10-12H2,1H3. The first-order valence-electron chi connectivity index (χ1n) is 7.30. The normalized spacial score (nSPS) is 27.8. The molecule has 1 aromatic heterocycles. The van der Waals surface area contributed by atoms with E-state index in [4.69, 9.17) is 9.47 Å². The molecule has 8 heteroatoms. The van der Waals surface area contributed by atoms with Gasteiger partial charge in [0.15, 0.2) is 0 Å². The molecule has 0 N–H and O–H groups in total. The molecule has 1 unspecified atom stereocenters. The summed E-state index contributed by atoms with van der Waals surface area (Å²) in [5, 5.41) is 0. The van der Waals surface area contributed by atoms with Gasteiger partial charge < -0.3 is 14.4 Å². The van der Waals surface area contributed by atoms with Crippen LogP contribution in [0.25, 0.3) is 0 Å². The molecule has 3 rings (SSSR count). The molecule has 0 aromatic carbocycles. The number of anilines is 1. The maximum atomic E-state index is 11.9. The lowest BCUT2D eigenvalue weighted by Gasteiger charge is -2.42. The minimum atomic E-state index is -3.23. The van der Waals surface area contributed by atoms with Crippen molar-refractivity contribution in [2.75, 3.05) is 57.2 Å². The molecule has 122 valence electrons. The predicted octanol–water partition coefficient (Wildman–Crippen LogP) is -0.0512. The highest BCUT2D eigenvalue weighted by Crippen LogP contribution is 2.26. The molecule has 7 nitrogen and oxygen atoms in total. The maximum Gasteiger partial charge on any atom is 0.211 e. The minimum absolute atomic E-state index is 0.322. The van der Waals surface area contributed by atoms with Gasteiger partial charge in [0.05, 0.1) is 44.5 Å². The molecule has 2 fully saturated rings. The molecule has 0 bridgehead atoms. The van der Waals surface area contributed by atoms with Crippen molar-refractivity contribution in [3.8, 4) is 0 Å². The lowest BCUT2D eigenvalue weighted by Crippen LogP contribution is -2.59. The first-order chi connectivity index (χ1) is 10.5. The molecule has 1 spiro atoms. The van der Waals surface area contributed by atoms with Crippen LogP contribution >= 0.6 is 0 Å². The minimum Gasteiger partial charge on any atom is -0.376 e. The number of aromatic nitrogens is 1. The molecule has 3 heterocycles. The van der Waals surface area contributed by atoms with Crippen molar-refractivity contribution in [3.05, 3.63) is 24.5 Å². The number of rotatable bonds is 2. The van der Waals surface area contributed by atoms with Crippen molar-refractivity contribution in [2.45, 2.75) is 5.60 Å². The predicted molar refractivity (Wildman–Crippen MR) is 82.4 cm³/mol. The molecule has 2 aliphatic heterocycles. The van der Waals surface area contributed by atoms with E-state index >= 15 is 0 Å². The van der Waals surface area contributed by atoms with Crippen molar-refractivity contribution in [1.82, 2.24) is 9.29 Å². The van der Waals surface area contributed by atoms with Gasteiger partial charge in [0.2, 0.25) is 10.0 Å². The highest BCUT2D eigenvalue weighted by Gasteiger charge is 2.42. The lowest BCUT2D eigenvalue weighted by atomic mass is 10.0. The van der Waals surface area contributed by atoms with E-state index in [-0.39, 0.29) is 0 Å². The van der Waals surface area contributed by atoms with E-state index in [1.165, 1.54) is 10.6 Å². The summed E-state index contributed by atoms with van der Waals surface area (Å²) in [6.07, 6.45) is 4.77. The van der Waals surface area contributed by atoms with Gasteiger partial charge in [-0.15, -0.1) is 0 Å². The van der Waals surface area contributed by atoms with Crippen LogP contribution in [0, 0.1) is 0 Å². The first-order valence-corrected chi connectivity index (χ1v) is 9.15. The SMILES string of the molecule is CS(=O)(=O)N1CCOC2(COCCN(c3cccnc3)C2)C1. The molecule has 2 saturated heterocycles. The fraction of sp³-hybridized carbons (Fsp3) is 0.643. The van der Waals surface area contributed by atoms with E-state index < -0.39 is 15.6 Å². The fourth-order valence-corrected chi connectivity index (χ4v) is 3.82. The highest BCUT2D eigenvalue weighted by atomic mass is 32.2. The van der Waals surface area contributed by atoms with Gasteiger partial charge in [0.1, 0.15) is 5.60 Å². The van der Waals surface area contributed by atoms with Crippen LogP contribution < -0.4 is 4.90 Å². The monoisotopic (exact) mass is 327 g/mol. The van der Waals surface area contributed by atoms with Gasteiger partial charge in [-0.25, -0.2) is 8.42 Å². The number of sulfonamides is 1. The van der Waals surface area contributed by atoms with Crippen molar-refractivity contribution >= 4 is 15.7 Å². The molecular formula is C14H21N3O4S. The van der Waals surface area contributed by atoms with E-state index in [0.29, 0.717) is 39.5 Å². The second-order valence-corrected chi connectivity index (χ2v) is 7.80. The maximum absolute atomic E-state index is 11.9. The van der Waals surface area contributed by atoms with E-state index in [9.17, 15) is 8.42 Å². The summed E-state index contributed by atoms with van der Waals surface area (Å²) in [7, 11) is -3.23. The van der Waals surface area contributed by atoms with Crippen LogP contribution in [0.3, 0.4) is 0 Å². The molecule has 22 heavy (non-hydrogen) atoms. The first kappa shape index (κ1) is 15.7. The second-order valence-electron chi connectivity index (χ2n) is 5.81. The molecule has 1 aromatic rings. The van der Waals surface area contributed by atoms with Gasteiger partial charge >= 0.3 is 0 Å². The highest BCUT2D eigenvalue weighted by molar-refractivity contribution is 7.88.